The van der Waals surface area contributed by atoms with Gasteiger partial charge in [-0.25, -0.2) is 4.68 Å². The number of ketones is 1. The summed E-state index contributed by atoms with van der Waals surface area (Å²) in [5.74, 6) is 1.02. The van der Waals surface area contributed by atoms with Crippen molar-refractivity contribution >= 4 is 11.7 Å². The lowest BCUT2D eigenvalue weighted by molar-refractivity contribution is -0.120. The highest BCUT2D eigenvalue weighted by atomic mass is 16.5. The van der Waals surface area contributed by atoms with Gasteiger partial charge in [0.2, 0.25) is 0 Å². The summed E-state index contributed by atoms with van der Waals surface area (Å²) < 4.78 is 12.4. The van der Waals surface area contributed by atoms with Crippen molar-refractivity contribution in [3.63, 3.8) is 0 Å². The van der Waals surface area contributed by atoms with E-state index < -0.39 is 0 Å². The number of Topliss-reactive ketones (excluding diaryl/α,β-unsaturated/α-hetero) is 1. The standard InChI is InChI=1S/C24H25N3O4/c1-30-21-12-11-16(13-22(21)31-2)23-19(15-27(26-23)18-8-4-3-5-9-18)24(29)25-14-17-7-6-10-20(17)28/h3-5,8-9,11-13,15,17H,6-7,10,14H2,1-2H3,(H,25,29)/t17-/m0/s1. The maximum absolute atomic E-state index is 13.1. The van der Waals surface area contributed by atoms with E-state index in [9.17, 15) is 9.59 Å². The number of methoxy groups -OCH3 is 2. The van der Waals surface area contributed by atoms with Crippen LogP contribution in [0.2, 0.25) is 0 Å². The van der Waals surface area contributed by atoms with Gasteiger partial charge in [0.15, 0.2) is 11.5 Å². The van der Waals surface area contributed by atoms with Crippen LogP contribution in [0.5, 0.6) is 11.5 Å². The average Bonchev–Trinajstić information content (AvgIpc) is 3.44. The van der Waals surface area contributed by atoms with Crippen LogP contribution in [0, 0.1) is 5.92 Å². The molecular formula is C24H25N3O4. The monoisotopic (exact) mass is 419 g/mol. The van der Waals surface area contributed by atoms with Crippen LogP contribution in [0.4, 0.5) is 0 Å². The molecule has 4 rings (SSSR count). The highest BCUT2D eigenvalue weighted by molar-refractivity contribution is 6.00. The van der Waals surface area contributed by atoms with E-state index in [1.54, 1.807) is 37.2 Å². The molecule has 0 spiro atoms. The Morgan fingerprint density at radius 2 is 1.90 bits per heavy atom. The zero-order valence-corrected chi connectivity index (χ0v) is 17.6. The number of carbonyl (C=O) groups excluding carboxylic acids is 2. The number of hydrogen-bond acceptors (Lipinski definition) is 5. The van der Waals surface area contributed by atoms with Crippen molar-refractivity contribution in [2.75, 3.05) is 20.8 Å². The fraction of sp³-hybridized carbons (Fsp3) is 0.292. The molecule has 1 saturated carbocycles. The molecule has 1 aliphatic carbocycles. The van der Waals surface area contributed by atoms with Crippen molar-refractivity contribution in [1.29, 1.82) is 0 Å². The van der Waals surface area contributed by atoms with E-state index in [1.807, 2.05) is 36.4 Å². The molecule has 1 aromatic heterocycles. The van der Waals surface area contributed by atoms with E-state index >= 15 is 0 Å². The van der Waals surface area contributed by atoms with E-state index in [0.29, 0.717) is 35.7 Å². The molecule has 0 bridgehead atoms. The third-order valence-corrected chi connectivity index (χ3v) is 5.58. The Morgan fingerprint density at radius 3 is 2.58 bits per heavy atom. The van der Waals surface area contributed by atoms with Gasteiger partial charge in [0.1, 0.15) is 11.5 Å². The lowest BCUT2D eigenvalue weighted by Crippen LogP contribution is -2.31. The minimum atomic E-state index is -0.258. The van der Waals surface area contributed by atoms with Gasteiger partial charge in [-0.2, -0.15) is 5.10 Å². The Morgan fingerprint density at radius 1 is 1.13 bits per heavy atom. The lowest BCUT2D eigenvalue weighted by Gasteiger charge is -2.11. The third kappa shape index (κ3) is 4.30. The van der Waals surface area contributed by atoms with Crippen LogP contribution in [0.25, 0.3) is 16.9 Å². The van der Waals surface area contributed by atoms with Crippen LogP contribution in [-0.4, -0.2) is 42.2 Å². The first-order chi connectivity index (χ1) is 15.1. The fourth-order valence-electron chi connectivity index (χ4n) is 3.86. The smallest absolute Gasteiger partial charge is 0.255 e. The van der Waals surface area contributed by atoms with Crippen LogP contribution in [0.1, 0.15) is 29.6 Å². The number of para-hydroxylation sites is 1. The number of amides is 1. The van der Waals surface area contributed by atoms with Gasteiger partial charge in [0, 0.05) is 30.6 Å². The van der Waals surface area contributed by atoms with Gasteiger partial charge in [-0.15, -0.1) is 0 Å². The van der Waals surface area contributed by atoms with E-state index in [4.69, 9.17) is 9.47 Å². The predicted octanol–water partition coefficient (Wildman–Crippen LogP) is 3.66. The highest BCUT2D eigenvalue weighted by Gasteiger charge is 2.26. The van der Waals surface area contributed by atoms with E-state index in [-0.39, 0.29) is 17.6 Å². The average molecular weight is 419 g/mol. The van der Waals surface area contributed by atoms with Gasteiger partial charge in [0.25, 0.3) is 5.91 Å². The topological polar surface area (TPSA) is 82.5 Å². The number of nitrogens with one attached hydrogen (secondary N) is 1. The normalized spacial score (nSPS) is 15.7. The van der Waals surface area contributed by atoms with Gasteiger partial charge in [-0.1, -0.05) is 18.2 Å². The molecule has 0 aliphatic heterocycles. The molecule has 0 saturated heterocycles. The molecule has 31 heavy (non-hydrogen) atoms. The van der Waals surface area contributed by atoms with E-state index in [1.165, 1.54) is 0 Å². The summed E-state index contributed by atoms with van der Waals surface area (Å²) in [4.78, 5) is 25.0. The molecule has 0 unspecified atom stereocenters. The number of carbonyl (C=O) groups is 2. The third-order valence-electron chi connectivity index (χ3n) is 5.58. The van der Waals surface area contributed by atoms with Crippen LogP contribution in [-0.2, 0) is 4.79 Å². The molecular weight excluding hydrogens is 394 g/mol. The Kier molecular flexibility index (Phi) is 6.02. The first-order valence-electron chi connectivity index (χ1n) is 10.3. The van der Waals surface area contributed by atoms with E-state index in [2.05, 4.69) is 10.4 Å². The number of hydrogen-bond donors (Lipinski definition) is 1. The van der Waals surface area contributed by atoms with Gasteiger partial charge in [-0.3, -0.25) is 9.59 Å². The molecule has 2 aromatic carbocycles. The number of aromatic nitrogens is 2. The van der Waals surface area contributed by atoms with Crippen molar-refractivity contribution in [3.05, 3.63) is 60.3 Å². The summed E-state index contributed by atoms with van der Waals surface area (Å²) >= 11 is 0. The van der Waals surface area contributed by atoms with Crippen molar-refractivity contribution in [3.8, 4) is 28.4 Å². The summed E-state index contributed by atoms with van der Waals surface area (Å²) in [5, 5.41) is 7.62. The van der Waals surface area contributed by atoms with Crippen molar-refractivity contribution in [2.24, 2.45) is 5.92 Å². The Bertz CT molecular complexity index is 1090. The number of rotatable bonds is 7. The molecule has 1 fully saturated rings. The number of ether oxygens (including phenoxy) is 2. The molecule has 1 N–H and O–H groups in total. The second-order valence-corrected chi connectivity index (χ2v) is 7.51. The maximum atomic E-state index is 13.1. The fourth-order valence-corrected chi connectivity index (χ4v) is 3.86. The van der Waals surface area contributed by atoms with Crippen LogP contribution in [0.15, 0.2) is 54.7 Å². The summed E-state index contributed by atoms with van der Waals surface area (Å²) in [6.45, 7) is 0.347. The molecule has 1 atom stereocenters. The molecule has 0 radical (unpaired) electrons. The minimum Gasteiger partial charge on any atom is -0.493 e. The van der Waals surface area contributed by atoms with Crippen molar-refractivity contribution in [2.45, 2.75) is 19.3 Å². The zero-order chi connectivity index (χ0) is 21.8. The molecule has 7 nitrogen and oxygen atoms in total. The van der Waals surface area contributed by atoms with Gasteiger partial charge >= 0.3 is 0 Å². The molecule has 1 heterocycles. The van der Waals surface area contributed by atoms with Crippen LogP contribution in [0.3, 0.4) is 0 Å². The van der Waals surface area contributed by atoms with Crippen molar-refractivity contribution < 1.29 is 19.1 Å². The molecule has 1 aliphatic rings. The van der Waals surface area contributed by atoms with Crippen LogP contribution < -0.4 is 14.8 Å². The van der Waals surface area contributed by atoms with E-state index in [0.717, 1.165) is 24.1 Å². The Labute approximate surface area is 181 Å². The molecule has 160 valence electrons. The second kappa shape index (κ2) is 9.04. The molecule has 3 aromatic rings. The Hall–Kier alpha value is -3.61. The molecule has 1 amide bonds. The van der Waals surface area contributed by atoms with Crippen molar-refractivity contribution in [1.82, 2.24) is 15.1 Å². The first kappa shape index (κ1) is 20.7. The SMILES string of the molecule is COc1ccc(-c2nn(-c3ccccc3)cc2C(=O)NC[C@@H]2CCCC2=O)cc1OC. The van der Waals surface area contributed by atoms with Gasteiger partial charge < -0.3 is 14.8 Å². The second-order valence-electron chi connectivity index (χ2n) is 7.51. The van der Waals surface area contributed by atoms with Gasteiger partial charge in [0.05, 0.1) is 25.5 Å². The zero-order valence-electron chi connectivity index (χ0n) is 17.6. The summed E-state index contributed by atoms with van der Waals surface area (Å²) in [5.41, 5.74) is 2.53. The molecule has 7 heteroatoms. The van der Waals surface area contributed by atoms with Crippen LogP contribution >= 0.6 is 0 Å². The van der Waals surface area contributed by atoms with Gasteiger partial charge in [-0.05, 0) is 43.2 Å². The largest absolute Gasteiger partial charge is 0.493 e. The quantitative estimate of drug-likeness (QED) is 0.632. The predicted molar refractivity (Wildman–Crippen MR) is 117 cm³/mol. The lowest BCUT2D eigenvalue weighted by atomic mass is 10.1. The summed E-state index contributed by atoms with van der Waals surface area (Å²) in [6, 6.07) is 15.0. The summed E-state index contributed by atoms with van der Waals surface area (Å²) in [6.07, 6.45) is 4.03. The summed E-state index contributed by atoms with van der Waals surface area (Å²) in [7, 11) is 3.14. The maximum Gasteiger partial charge on any atom is 0.255 e. The number of benzene rings is 2. The highest BCUT2D eigenvalue weighted by Crippen LogP contribution is 2.33. The minimum absolute atomic E-state index is 0.0994. The first-order valence-corrected chi connectivity index (χ1v) is 10.3. The number of nitrogens with zero attached hydrogens (tertiary/aromatic N) is 2. The Balaban J connectivity index is 1.70.